The lowest BCUT2D eigenvalue weighted by Gasteiger charge is -2.32. The number of carbonyl (C=O) groups excluding carboxylic acids is 8. The molecule has 32 heteroatoms. The Balaban J connectivity index is 2.51. The highest BCUT2D eigenvalue weighted by atomic mass is 127. The summed E-state index contributed by atoms with van der Waals surface area (Å²) in [6.07, 6.45) is -6.33. The van der Waals surface area contributed by atoms with E-state index in [2.05, 4.69) is 31.9 Å². The highest BCUT2D eigenvalue weighted by Gasteiger charge is 2.34. The molecule has 0 fully saturated rings. The number of aliphatic hydroxyl groups is 10. The monoisotopic (exact) mass is 1760 g/mol. The molecule has 2 aromatic rings. The van der Waals surface area contributed by atoms with Crippen LogP contribution >= 0.6 is 136 Å². The van der Waals surface area contributed by atoms with Gasteiger partial charge in [-0.2, -0.15) is 0 Å². The molecule has 4 atom stereocenters. The number of carbonyl (C=O) groups is 8. The van der Waals surface area contributed by atoms with Gasteiger partial charge in [-0.1, -0.05) is 0 Å². The first-order valence-corrected chi connectivity index (χ1v) is 29.5. The van der Waals surface area contributed by atoms with Crippen LogP contribution < -0.4 is 41.7 Å². The van der Waals surface area contributed by atoms with E-state index in [1.165, 1.54) is 13.8 Å². The highest BCUT2D eigenvalue weighted by Crippen LogP contribution is 2.40. The molecule has 0 saturated heterocycles. The second-order valence-corrected chi connectivity index (χ2v) is 23.8. The van der Waals surface area contributed by atoms with Crippen molar-refractivity contribution in [1.29, 1.82) is 0 Å². The summed E-state index contributed by atoms with van der Waals surface area (Å²) in [5.41, 5.74) is -0.00414. The number of amides is 8. The Bertz CT molecular complexity index is 2170. The van der Waals surface area contributed by atoms with Gasteiger partial charge in [0.25, 0.3) is 0 Å². The molecule has 26 nitrogen and oxygen atoms in total. The normalized spacial score (nSPS) is 12.9. The number of hydrogen-bond acceptors (Lipinski definition) is 18. The predicted molar refractivity (Wildman–Crippen MR) is 327 cm³/mol. The van der Waals surface area contributed by atoms with E-state index in [9.17, 15) is 89.4 Å². The van der Waals surface area contributed by atoms with Crippen LogP contribution in [-0.2, 0) is 64.0 Å². The first kappa shape index (κ1) is 71.3. The van der Waals surface area contributed by atoms with Crippen LogP contribution in [0.3, 0.4) is 0 Å². The average Bonchev–Trinajstić information content (AvgIpc) is 3.39. The molecule has 0 spiro atoms. The van der Waals surface area contributed by atoms with E-state index < -0.39 is 143 Å². The van der Waals surface area contributed by atoms with Crippen molar-refractivity contribution in [3.8, 4) is 0 Å². The second-order valence-electron chi connectivity index (χ2n) is 17.3. The molecule has 0 heterocycles. The maximum atomic E-state index is 13.8. The van der Waals surface area contributed by atoms with Crippen LogP contribution in [0.4, 0.5) is 11.4 Å². The van der Waals surface area contributed by atoms with Crippen LogP contribution in [-0.4, -0.2) is 215 Å². The zero-order valence-corrected chi connectivity index (χ0v) is 54.4. The first-order chi connectivity index (χ1) is 36.2. The summed E-state index contributed by atoms with van der Waals surface area (Å²) in [5, 5.41) is 113. The summed E-state index contributed by atoms with van der Waals surface area (Å²) in [5.74, 6) is -5.30. The molecule has 2 rings (SSSR count). The van der Waals surface area contributed by atoms with E-state index >= 15 is 0 Å². The topological polar surface area (TPSA) is 418 Å². The largest absolute Gasteiger partial charge is 0.396 e. The van der Waals surface area contributed by atoms with Gasteiger partial charge in [0.2, 0.25) is 47.3 Å². The summed E-state index contributed by atoms with van der Waals surface area (Å²) >= 11 is 11.5. The Hall–Kier alpha value is -1.82. The van der Waals surface area contributed by atoms with E-state index in [1.807, 2.05) is 136 Å². The van der Waals surface area contributed by atoms with Crippen LogP contribution in [0.5, 0.6) is 0 Å². The molecule has 0 aliphatic heterocycles. The van der Waals surface area contributed by atoms with Gasteiger partial charge in [-0.15, -0.1) is 0 Å². The van der Waals surface area contributed by atoms with Crippen molar-refractivity contribution in [2.45, 2.75) is 63.9 Å². The molecule has 0 aliphatic rings. The van der Waals surface area contributed by atoms with Crippen molar-refractivity contribution in [1.82, 2.24) is 31.9 Å². The van der Waals surface area contributed by atoms with Crippen molar-refractivity contribution in [2.75, 3.05) is 102 Å². The molecule has 77 heavy (non-hydrogen) atoms. The van der Waals surface area contributed by atoms with Crippen molar-refractivity contribution in [2.24, 2.45) is 5.41 Å². The van der Waals surface area contributed by atoms with Crippen LogP contribution in [0, 0.1) is 26.8 Å². The lowest BCUT2D eigenvalue weighted by molar-refractivity contribution is -0.124. The van der Waals surface area contributed by atoms with Crippen molar-refractivity contribution in [3.05, 3.63) is 43.7 Å². The van der Waals surface area contributed by atoms with Gasteiger partial charge >= 0.3 is 0 Å². The first-order valence-electron chi connectivity index (χ1n) is 23.1. The van der Waals surface area contributed by atoms with Crippen molar-refractivity contribution in [3.63, 3.8) is 0 Å². The van der Waals surface area contributed by atoms with E-state index in [1.54, 1.807) is 0 Å². The molecule has 0 bridgehead atoms. The molecule has 8 amide bonds. The third kappa shape index (κ3) is 22.1. The minimum Gasteiger partial charge on any atom is -0.396 e. The fourth-order valence-electron chi connectivity index (χ4n) is 6.69. The molecular weight excluding hydrogens is 1700 g/mol. The molecule has 0 aromatic heterocycles. The second kappa shape index (κ2) is 35.2. The Morgan fingerprint density at radius 3 is 0.831 bits per heavy atom. The molecule has 4 unspecified atom stereocenters. The van der Waals surface area contributed by atoms with Crippen LogP contribution in [0.2, 0.25) is 0 Å². The summed E-state index contributed by atoms with van der Waals surface area (Å²) in [7, 11) is 0. The van der Waals surface area contributed by atoms with E-state index in [0.717, 1.165) is 9.80 Å². The molecule has 16 N–H and O–H groups in total. The maximum absolute atomic E-state index is 13.8. The molecule has 0 radical (unpaired) electrons. The Labute approximate surface area is 524 Å². The maximum Gasteiger partial charge on any atom is 0.240 e. The van der Waals surface area contributed by atoms with Gasteiger partial charge < -0.3 is 92.8 Å². The predicted octanol–water partition coefficient (Wildman–Crippen LogP) is -4.03. The van der Waals surface area contributed by atoms with Gasteiger partial charge in [0.15, 0.2) is 0 Å². The van der Waals surface area contributed by atoms with Gasteiger partial charge in [0.1, 0.15) is 13.1 Å². The number of benzene rings is 2. The van der Waals surface area contributed by atoms with Gasteiger partial charge in [-0.3, -0.25) is 38.4 Å². The van der Waals surface area contributed by atoms with Gasteiger partial charge in [-0.05, 0) is 158 Å². The summed E-state index contributed by atoms with van der Waals surface area (Å²) in [6, 6.07) is 0. The van der Waals surface area contributed by atoms with E-state index in [4.69, 9.17) is 0 Å². The quantitative estimate of drug-likeness (QED) is 0.0310. The minimum atomic E-state index is -1.65. The minimum absolute atomic E-state index is 0.141. The number of aliphatic hydroxyl groups excluding tert-OH is 10. The van der Waals surface area contributed by atoms with Gasteiger partial charge in [0.05, 0.1) is 107 Å². The molecule has 0 aliphatic carbocycles. The Morgan fingerprint density at radius 2 is 0.636 bits per heavy atom. The van der Waals surface area contributed by atoms with Gasteiger partial charge in [0, 0.05) is 74.5 Å². The highest BCUT2D eigenvalue weighted by molar-refractivity contribution is 14.1. The third-order valence-electron chi connectivity index (χ3n) is 11.2. The fraction of sp³-hybridized carbons (Fsp3) is 0.556. The fourth-order valence-corrected chi connectivity index (χ4v) is 15.7. The third-order valence-corrected chi connectivity index (χ3v) is 18.4. The summed E-state index contributed by atoms with van der Waals surface area (Å²) < 4.78 is 2.23. The number of rotatable bonds is 32. The number of halogens is 6. The average molecular weight is 1760 g/mol. The van der Waals surface area contributed by atoms with Crippen molar-refractivity contribution < 1.29 is 89.4 Å². The van der Waals surface area contributed by atoms with Gasteiger partial charge in [-0.25, -0.2) is 0 Å². The lowest BCUT2D eigenvalue weighted by atomic mass is 9.89. The number of anilines is 2. The molecule has 0 saturated carbocycles. The van der Waals surface area contributed by atoms with Crippen LogP contribution in [0.1, 0.15) is 36.1 Å². The van der Waals surface area contributed by atoms with Crippen LogP contribution in [0.15, 0.2) is 0 Å². The van der Waals surface area contributed by atoms with Crippen molar-refractivity contribution >= 4 is 194 Å². The lowest BCUT2D eigenvalue weighted by Crippen LogP contribution is -2.53. The number of hydrogen-bond donors (Lipinski definition) is 16. The summed E-state index contributed by atoms with van der Waals surface area (Å²) in [4.78, 5) is 109. The number of nitrogens with zero attached hydrogens (tertiary/aromatic N) is 2. The van der Waals surface area contributed by atoms with Crippen LogP contribution in [0.25, 0.3) is 0 Å². The van der Waals surface area contributed by atoms with E-state index in [0.29, 0.717) is 43.7 Å². The zero-order valence-electron chi connectivity index (χ0n) is 41.4. The summed E-state index contributed by atoms with van der Waals surface area (Å²) in [6.45, 7) is -5.19. The smallest absolute Gasteiger partial charge is 0.240 e. The van der Waals surface area contributed by atoms with E-state index in [-0.39, 0.29) is 63.2 Å². The SMILES string of the molecule is CC(=O)N(CC(=O)NCC(CO)(CO)CNC(=O)CN(C(C)=O)c1c(I)c(CC(=O)NCC(O)CO)c(I)c(CC(=O)NCC(O)CO)c1I)c1c(I)c(CC(=O)NCC(O)CO)c(I)c(CC(=O)NCC(O)CO)c1I. The Morgan fingerprint density at radius 1 is 0.403 bits per heavy atom. The zero-order chi connectivity index (χ0) is 58.5. The molecule has 432 valence electrons. The standard InChI is InChI=1S/C45H62I6N8O18/c1-21(66)58(43-39(48)27(3-31(72)52-7-23(68)13-60)37(46)28(40(43)49)4-32(73)53-8-24(69)14-61)11-35(76)56-17-45(19-64,20-65)18-57-36(77)12-59(22(2)67)44-41(50)29(5-33(74)54-9-25(70)15-62)38(47)30(42(44)51)6-34(75)55-10-26(71)16-63/h23-26,60-65,68-71H,3-20H2,1-2H3,(H,52,72)(H,53,73)(H,54,74)(H,55,75)(H,56,76)(H,57,77). The Kier molecular flexibility index (Phi) is 32.6. The molecule has 2 aromatic carbocycles. The number of nitrogens with one attached hydrogen (secondary N) is 6. The molecular formula is C45H62I6N8O18.